The van der Waals surface area contributed by atoms with Crippen molar-refractivity contribution >= 4 is 46.2 Å². The van der Waals surface area contributed by atoms with Crippen LogP contribution in [0.3, 0.4) is 0 Å². The molecule has 7 nitrogen and oxygen atoms in total. The summed E-state index contributed by atoms with van der Waals surface area (Å²) in [4.78, 5) is 18.8. The van der Waals surface area contributed by atoms with E-state index in [-0.39, 0.29) is 17.3 Å². The van der Waals surface area contributed by atoms with Crippen LogP contribution in [0.1, 0.15) is 20.8 Å². The van der Waals surface area contributed by atoms with Crippen LogP contribution in [0.2, 0.25) is 10.0 Å². The molecule has 0 saturated carbocycles. The number of hydrogen-bond donors (Lipinski definition) is 2. The lowest BCUT2D eigenvalue weighted by Gasteiger charge is -2.21. The van der Waals surface area contributed by atoms with E-state index in [1.807, 2.05) is 20.8 Å². The second-order valence-electron chi connectivity index (χ2n) is 5.83. The minimum Gasteiger partial charge on any atom is -0.360 e. The maximum atomic E-state index is 11.4. The first-order chi connectivity index (χ1) is 10.7. The van der Waals surface area contributed by atoms with Crippen molar-refractivity contribution in [1.29, 1.82) is 0 Å². The highest BCUT2D eigenvalue weighted by molar-refractivity contribution is 6.35. The molecule has 0 bridgehead atoms. The molecule has 0 unspecified atom stereocenters. The van der Waals surface area contributed by atoms with E-state index >= 15 is 0 Å². The molecule has 23 heavy (non-hydrogen) atoms. The predicted octanol–water partition coefficient (Wildman–Crippen LogP) is 4.65. The van der Waals surface area contributed by atoms with Gasteiger partial charge in [-0.2, -0.15) is 0 Å². The first-order valence-corrected chi connectivity index (χ1v) is 7.42. The quantitative estimate of drug-likeness (QED) is 0.612. The average molecular weight is 356 g/mol. The van der Waals surface area contributed by atoms with Crippen LogP contribution in [0, 0.1) is 10.1 Å². The summed E-state index contributed by atoms with van der Waals surface area (Å²) >= 11 is 11.9. The summed E-state index contributed by atoms with van der Waals surface area (Å²) in [6.07, 6.45) is 1.25. The van der Waals surface area contributed by atoms with Gasteiger partial charge in [-0.3, -0.25) is 10.1 Å². The van der Waals surface area contributed by atoms with Gasteiger partial charge in [0.2, 0.25) is 11.6 Å². The highest BCUT2D eigenvalue weighted by atomic mass is 35.5. The van der Waals surface area contributed by atoms with Crippen molar-refractivity contribution in [3.8, 4) is 0 Å². The number of rotatable bonds is 4. The zero-order valence-corrected chi connectivity index (χ0v) is 14.2. The Morgan fingerprint density at radius 2 is 1.65 bits per heavy atom. The van der Waals surface area contributed by atoms with Gasteiger partial charge in [-0.1, -0.05) is 23.2 Å². The molecule has 0 spiro atoms. The van der Waals surface area contributed by atoms with E-state index in [0.717, 1.165) is 0 Å². The molecule has 122 valence electrons. The van der Waals surface area contributed by atoms with Gasteiger partial charge in [0.25, 0.3) is 0 Å². The molecule has 2 rings (SSSR count). The molecule has 0 aliphatic carbocycles. The molecule has 0 amide bonds. The van der Waals surface area contributed by atoms with Crippen molar-refractivity contribution in [2.75, 3.05) is 10.6 Å². The van der Waals surface area contributed by atoms with Gasteiger partial charge in [-0.25, -0.2) is 9.97 Å². The Kier molecular flexibility index (Phi) is 4.91. The van der Waals surface area contributed by atoms with Gasteiger partial charge < -0.3 is 10.6 Å². The third-order valence-electron chi connectivity index (χ3n) is 2.62. The Bertz CT molecular complexity index is 726. The lowest BCUT2D eigenvalue weighted by molar-refractivity contribution is -0.383. The summed E-state index contributed by atoms with van der Waals surface area (Å²) in [5, 5.41) is 18.1. The molecule has 9 heteroatoms. The zero-order chi connectivity index (χ0) is 17.2. The van der Waals surface area contributed by atoms with Crippen molar-refractivity contribution in [2.45, 2.75) is 26.3 Å². The monoisotopic (exact) mass is 355 g/mol. The van der Waals surface area contributed by atoms with Gasteiger partial charge in [0.05, 0.1) is 4.92 Å². The molecular formula is C14H15Cl2N5O2. The van der Waals surface area contributed by atoms with E-state index in [4.69, 9.17) is 23.2 Å². The van der Waals surface area contributed by atoms with E-state index in [9.17, 15) is 10.1 Å². The Morgan fingerprint density at radius 3 is 2.17 bits per heavy atom. The van der Waals surface area contributed by atoms with E-state index in [1.165, 1.54) is 6.33 Å². The molecule has 2 N–H and O–H groups in total. The van der Waals surface area contributed by atoms with Crippen LogP contribution in [0.5, 0.6) is 0 Å². The minimum atomic E-state index is -0.539. The Morgan fingerprint density at radius 1 is 1.09 bits per heavy atom. The highest BCUT2D eigenvalue weighted by Gasteiger charge is 2.26. The van der Waals surface area contributed by atoms with Crippen LogP contribution >= 0.6 is 23.2 Å². The standard InChI is InChI=1S/C14H15Cl2N5O2/c1-14(2,3)20-13-11(21(22)23)12(17-7-18-13)19-10-5-8(15)4-9(16)6-10/h4-7H,1-3H3,(H2,17,18,19,20). The maximum Gasteiger partial charge on any atom is 0.353 e. The third-order valence-corrected chi connectivity index (χ3v) is 3.06. The van der Waals surface area contributed by atoms with Crippen LogP contribution in [0.4, 0.5) is 23.0 Å². The molecule has 1 aromatic heterocycles. The second kappa shape index (κ2) is 6.55. The van der Waals surface area contributed by atoms with Gasteiger partial charge in [-0.05, 0) is 39.0 Å². The topological polar surface area (TPSA) is 93.0 Å². The first kappa shape index (κ1) is 17.2. The predicted molar refractivity (Wildman–Crippen MR) is 91.8 cm³/mol. The second-order valence-corrected chi connectivity index (χ2v) is 6.71. The Labute approximate surface area is 143 Å². The number of nitrogens with zero attached hydrogens (tertiary/aromatic N) is 3. The van der Waals surface area contributed by atoms with Gasteiger partial charge in [0.1, 0.15) is 6.33 Å². The molecule has 1 aromatic carbocycles. The number of hydrogen-bond acceptors (Lipinski definition) is 6. The maximum absolute atomic E-state index is 11.4. The first-order valence-electron chi connectivity index (χ1n) is 6.66. The lowest BCUT2D eigenvalue weighted by Crippen LogP contribution is -2.27. The summed E-state index contributed by atoms with van der Waals surface area (Å²) < 4.78 is 0. The average Bonchev–Trinajstić information content (AvgIpc) is 2.34. The summed E-state index contributed by atoms with van der Waals surface area (Å²) in [5.74, 6) is 0.184. The largest absolute Gasteiger partial charge is 0.360 e. The Hall–Kier alpha value is -2.12. The van der Waals surface area contributed by atoms with Crippen LogP contribution < -0.4 is 10.6 Å². The van der Waals surface area contributed by atoms with Crippen molar-refractivity contribution in [1.82, 2.24) is 9.97 Å². The van der Waals surface area contributed by atoms with Crippen molar-refractivity contribution in [3.05, 3.63) is 44.7 Å². The summed E-state index contributed by atoms with van der Waals surface area (Å²) in [6, 6.07) is 4.75. The van der Waals surface area contributed by atoms with Gasteiger partial charge in [-0.15, -0.1) is 0 Å². The van der Waals surface area contributed by atoms with Crippen molar-refractivity contribution in [3.63, 3.8) is 0 Å². The van der Waals surface area contributed by atoms with Crippen LogP contribution in [-0.4, -0.2) is 20.4 Å². The minimum absolute atomic E-state index is 0.0510. The fraction of sp³-hybridized carbons (Fsp3) is 0.286. The number of benzene rings is 1. The normalized spacial score (nSPS) is 11.2. The number of nitrogens with one attached hydrogen (secondary N) is 2. The smallest absolute Gasteiger partial charge is 0.353 e. The van der Waals surface area contributed by atoms with Gasteiger partial charge in [0, 0.05) is 21.3 Å². The van der Waals surface area contributed by atoms with E-state index in [2.05, 4.69) is 20.6 Å². The molecule has 0 saturated heterocycles. The van der Waals surface area contributed by atoms with Crippen molar-refractivity contribution < 1.29 is 4.92 Å². The molecule has 0 radical (unpaired) electrons. The molecule has 0 fully saturated rings. The van der Waals surface area contributed by atoms with Crippen LogP contribution in [0.25, 0.3) is 0 Å². The summed E-state index contributed by atoms with van der Waals surface area (Å²) in [5.41, 5.74) is -0.153. The summed E-state index contributed by atoms with van der Waals surface area (Å²) in [7, 11) is 0. The number of halogens is 2. The fourth-order valence-corrected chi connectivity index (χ4v) is 2.38. The SMILES string of the molecule is CC(C)(C)Nc1ncnc(Nc2cc(Cl)cc(Cl)c2)c1[N+](=O)[O-]. The van der Waals surface area contributed by atoms with E-state index < -0.39 is 10.5 Å². The fourth-order valence-electron chi connectivity index (χ4n) is 1.85. The number of anilines is 3. The molecule has 0 aliphatic rings. The van der Waals surface area contributed by atoms with Crippen LogP contribution in [-0.2, 0) is 0 Å². The summed E-state index contributed by atoms with van der Waals surface area (Å²) in [6.45, 7) is 5.63. The third kappa shape index (κ3) is 4.67. The van der Waals surface area contributed by atoms with Gasteiger partial charge >= 0.3 is 5.69 Å². The number of aromatic nitrogens is 2. The van der Waals surface area contributed by atoms with Crippen molar-refractivity contribution in [2.24, 2.45) is 0 Å². The molecule has 0 atom stereocenters. The molecule has 1 heterocycles. The van der Waals surface area contributed by atoms with E-state index in [1.54, 1.807) is 18.2 Å². The lowest BCUT2D eigenvalue weighted by atomic mass is 10.1. The molecule has 2 aromatic rings. The number of nitro groups is 1. The molecular weight excluding hydrogens is 341 g/mol. The van der Waals surface area contributed by atoms with Crippen LogP contribution in [0.15, 0.2) is 24.5 Å². The highest BCUT2D eigenvalue weighted by Crippen LogP contribution is 2.33. The zero-order valence-electron chi connectivity index (χ0n) is 12.7. The van der Waals surface area contributed by atoms with E-state index in [0.29, 0.717) is 15.7 Å². The molecule has 0 aliphatic heterocycles. The van der Waals surface area contributed by atoms with Gasteiger partial charge in [0.15, 0.2) is 0 Å². The Balaban J connectivity index is 2.45.